The zero-order chi connectivity index (χ0) is 25.5. The highest BCUT2D eigenvalue weighted by molar-refractivity contribution is 5.92. The van der Waals surface area contributed by atoms with Crippen molar-refractivity contribution in [2.75, 3.05) is 18.5 Å². The maximum atomic E-state index is 13.5. The van der Waals surface area contributed by atoms with Gasteiger partial charge in [-0.05, 0) is 62.6 Å². The molecule has 3 aromatic rings. The number of amides is 2. The van der Waals surface area contributed by atoms with Gasteiger partial charge >= 0.3 is 12.0 Å². The number of carbonyl (C=O) groups excluding carboxylic acids is 2. The third kappa shape index (κ3) is 5.88. The number of esters is 1. The Morgan fingerprint density at radius 3 is 2.34 bits per heavy atom. The lowest BCUT2D eigenvalue weighted by atomic mass is 10.1. The van der Waals surface area contributed by atoms with Crippen LogP contribution in [0.5, 0.6) is 0 Å². The molecule has 0 aliphatic rings. The molecule has 1 unspecified atom stereocenters. The Morgan fingerprint density at radius 1 is 1.06 bits per heavy atom. The first kappa shape index (κ1) is 25.9. The van der Waals surface area contributed by atoms with Gasteiger partial charge < -0.3 is 15.0 Å². The summed E-state index contributed by atoms with van der Waals surface area (Å²) in [5.74, 6) is 0.369. The van der Waals surface area contributed by atoms with Gasteiger partial charge in [-0.2, -0.15) is 0 Å². The molecule has 0 aliphatic carbocycles. The van der Waals surface area contributed by atoms with Gasteiger partial charge in [0.05, 0.1) is 29.1 Å². The Hall–Kier alpha value is -3.68. The number of ether oxygens (including phenoxy) is 1. The SMILES string of the molecule is CCOC(=O)c1ccc(NC(=O)N(CC(C)C)C(CC)c2nc3ccccc3c(=O)n2CC)cc1. The van der Waals surface area contributed by atoms with E-state index in [2.05, 4.69) is 5.32 Å². The summed E-state index contributed by atoms with van der Waals surface area (Å²) in [7, 11) is 0. The van der Waals surface area contributed by atoms with Gasteiger partial charge in [0.2, 0.25) is 0 Å². The van der Waals surface area contributed by atoms with Crippen molar-refractivity contribution < 1.29 is 14.3 Å². The van der Waals surface area contributed by atoms with Gasteiger partial charge in [-0.3, -0.25) is 9.36 Å². The van der Waals surface area contributed by atoms with E-state index in [0.717, 1.165) is 0 Å². The predicted molar refractivity (Wildman–Crippen MR) is 138 cm³/mol. The highest BCUT2D eigenvalue weighted by Crippen LogP contribution is 2.26. The van der Waals surface area contributed by atoms with Gasteiger partial charge in [-0.15, -0.1) is 0 Å². The molecule has 0 spiro atoms. The third-order valence-electron chi connectivity index (χ3n) is 5.74. The van der Waals surface area contributed by atoms with Crippen molar-refractivity contribution in [3.63, 3.8) is 0 Å². The number of benzene rings is 2. The van der Waals surface area contributed by atoms with Crippen molar-refractivity contribution in [3.8, 4) is 0 Å². The normalized spacial score (nSPS) is 11.9. The smallest absolute Gasteiger partial charge is 0.338 e. The zero-order valence-corrected chi connectivity index (χ0v) is 21.1. The largest absolute Gasteiger partial charge is 0.462 e. The van der Waals surface area contributed by atoms with Crippen LogP contribution >= 0.6 is 0 Å². The fraction of sp³-hybridized carbons (Fsp3) is 0.407. The summed E-state index contributed by atoms with van der Waals surface area (Å²) in [5.41, 5.74) is 1.50. The van der Waals surface area contributed by atoms with Crippen LogP contribution in [0.15, 0.2) is 53.3 Å². The Balaban J connectivity index is 1.96. The second-order valence-corrected chi connectivity index (χ2v) is 8.73. The van der Waals surface area contributed by atoms with Crippen LogP contribution in [0.2, 0.25) is 0 Å². The number of para-hydroxylation sites is 1. The Bertz CT molecular complexity index is 1230. The molecule has 0 saturated heterocycles. The summed E-state index contributed by atoms with van der Waals surface area (Å²) in [5, 5.41) is 3.50. The molecule has 0 radical (unpaired) electrons. The van der Waals surface area contributed by atoms with Crippen LogP contribution in [0.3, 0.4) is 0 Å². The summed E-state index contributed by atoms with van der Waals surface area (Å²) in [4.78, 5) is 45.2. The van der Waals surface area contributed by atoms with E-state index >= 15 is 0 Å². The summed E-state index contributed by atoms with van der Waals surface area (Å²) in [6.07, 6.45) is 0.590. The lowest BCUT2D eigenvalue weighted by Gasteiger charge is -2.33. The topological polar surface area (TPSA) is 93.5 Å². The minimum Gasteiger partial charge on any atom is -0.462 e. The van der Waals surface area contributed by atoms with Gasteiger partial charge in [0.25, 0.3) is 5.56 Å². The summed E-state index contributed by atoms with van der Waals surface area (Å²) < 4.78 is 6.68. The van der Waals surface area contributed by atoms with Crippen molar-refractivity contribution in [2.45, 2.75) is 53.6 Å². The Labute approximate surface area is 205 Å². The molecule has 0 bridgehead atoms. The number of urea groups is 1. The quantitative estimate of drug-likeness (QED) is 0.425. The van der Waals surface area contributed by atoms with Crippen LogP contribution in [0.1, 0.15) is 63.3 Å². The molecule has 186 valence electrons. The summed E-state index contributed by atoms with van der Waals surface area (Å²) in [6.45, 7) is 11.0. The first-order valence-electron chi connectivity index (χ1n) is 12.1. The highest BCUT2D eigenvalue weighted by Gasteiger charge is 2.29. The lowest BCUT2D eigenvalue weighted by Crippen LogP contribution is -2.42. The number of hydrogen-bond acceptors (Lipinski definition) is 5. The summed E-state index contributed by atoms with van der Waals surface area (Å²) >= 11 is 0. The van der Waals surface area contributed by atoms with Gasteiger partial charge in [0, 0.05) is 18.8 Å². The van der Waals surface area contributed by atoms with Crippen LogP contribution in [0, 0.1) is 5.92 Å². The molecular formula is C27H34N4O4. The molecule has 35 heavy (non-hydrogen) atoms. The fourth-order valence-electron chi connectivity index (χ4n) is 4.13. The predicted octanol–water partition coefficient (Wildman–Crippen LogP) is 5.23. The molecule has 1 N–H and O–H groups in total. The van der Waals surface area contributed by atoms with Crippen LogP contribution in [-0.4, -0.2) is 39.6 Å². The van der Waals surface area contributed by atoms with E-state index in [9.17, 15) is 14.4 Å². The molecular weight excluding hydrogens is 444 g/mol. The average Bonchev–Trinajstić information content (AvgIpc) is 2.84. The number of nitrogens with zero attached hydrogens (tertiary/aromatic N) is 3. The van der Waals surface area contributed by atoms with Gasteiger partial charge in [0.15, 0.2) is 0 Å². The van der Waals surface area contributed by atoms with E-state index in [1.54, 1.807) is 46.7 Å². The van der Waals surface area contributed by atoms with E-state index in [1.807, 2.05) is 45.9 Å². The van der Waals surface area contributed by atoms with Crippen LogP contribution < -0.4 is 10.9 Å². The molecule has 0 saturated carbocycles. The molecule has 8 heteroatoms. The highest BCUT2D eigenvalue weighted by atomic mass is 16.5. The van der Waals surface area contributed by atoms with Crippen molar-refractivity contribution >= 4 is 28.6 Å². The number of aromatic nitrogens is 2. The van der Waals surface area contributed by atoms with Gasteiger partial charge in [0.1, 0.15) is 5.82 Å². The number of anilines is 1. The monoisotopic (exact) mass is 478 g/mol. The maximum Gasteiger partial charge on any atom is 0.338 e. The number of nitrogens with one attached hydrogen (secondary N) is 1. The summed E-state index contributed by atoms with van der Waals surface area (Å²) in [6, 6.07) is 13.2. The molecule has 2 amide bonds. The van der Waals surface area contributed by atoms with Crippen LogP contribution in [0.4, 0.5) is 10.5 Å². The van der Waals surface area contributed by atoms with E-state index in [-0.39, 0.29) is 17.5 Å². The van der Waals surface area contributed by atoms with E-state index in [4.69, 9.17) is 9.72 Å². The number of carbonyl (C=O) groups is 2. The second kappa shape index (κ2) is 11.6. The standard InChI is InChI=1S/C27H34N4O4/c1-6-23(24-29-22-12-10-9-11-21(22)25(32)30(24)7-2)31(17-18(4)5)27(34)28-20-15-13-19(14-16-20)26(33)35-8-3/h9-16,18,23H,6-8,17H2,1-5H3,(H,28,34). The van der Waals surface area contributed by atoms with E-state index in [0.29, 0.717) is 54.1 Å². The molecule has 1 heterocycles. The molecule has 0 aliphatic heterocycles. The first-order valence-corrected chi connectivity index (χ1v) is 12.1. The van der Waals surface area contributed by atoms with Crippen molar-refractivity contribution in [2.24, 2.45) is 5.92 Å². The number of fused-ring (bicyclic) bond motifs is 1. The molecule has 0 fully saturated rings. The minimum absolute atomic E-state index is 0.106. The van der Waals surface area contributed by atoms with Crippen LogP contribution in [0.25, 0.3) is 10.9 Å². The Morgan fingerprint density at radius 2 is 1.74 bits per heavy atom. The lowest BCUT2D eigenvalue weighted by molar-refractivity contribution is 0.0526. The minimum atomic E-state index is -0.405. The molecule has 3 rings (SSSR count). The average molecular weight is 479 g/mol. The molecule has 1 aromatic heterocycles. The molecule has 1 atom stereocenters. The van der Waals surface area contributed by atoms with Gasteiger partial charge in [-0.1, -0.05) is 32.9 Å². The van der Waals surface area contributed by atoms with Crippen LogP contribution in [-0.2, 0) is 11.3 Å². The fourth-order valence-corrected chi connectivity index (χ4v) is 4.13. The first-order chi connectivity index (χ1) is 16.8. The van der Waals surface area contributed by atoms with Crippen molar-refractivity contribution in [1.82, 2.24) is 14.5 Å². The number of hydrogen-bond donors (Lipinski definition) is 1. The number of rotatable bonds is 9. The maximum absolute atomic E-state index is 13.5. The third-order valence-corrected chi connectivity index (χ3v) is 5.74. The Kier molecular flexibility index (Phi) is 8.63. The van der Waals surface area contributed by atoms with E-state index < -0.39 is 12.0 Å². The second-order valence-electron chi connectivity index (χ2n) is 8.73. The van der Waals surface area contributed by atoms with Crippen molar-refractivity contribution in [1.29, 1.82) is 0 Å². The molecule has 8 nitrogen and oxygen atoms in total. The van der Waals surface area contributed by atoms with Gasteiger partial charge in [-0.25, -0.2) is 14.6 Å². The van der Waals surface area contributed by atoms with Crippen molar-refractivity contribution in [3.05, 3.63) is 70.3 Å². The van der Waals surface area contributed by atoms with E-state index in [1.165, 1.54) is 0 Å². The molecule has 2 aromatic carbocycles. The zero-order valence-electron chi connectivity index (χ0n) is 21.1.